The van der Waals surface area contributed by atoms with Crippen LogP contribution in [0.25, 0.3) is 0 Å². The Bertz CT molecular complexity index is 382. The summed E-state index contributed by atoms with van der Waals surface area (Å²) in [6.07, 6.45) is 2.70. The van der Waals surface area contributed by atoms with Gasteiger partial charge in [0, 0.05) is 25.7 Å². The van der Waals surface area contributed by atoms with E-state index < -0.39 is 0 Å². The Morgan fingerprint density at radius 3 is 2.60 bits per heavy atom. The summed E-state index contributed by atoms with van der Waals surface area (Å²) in [6, 6.07) is 6.21. The lowest BCUT2D eigenvalue weighted by atomic mass is 10.0. The lowest BCUT2D eigenvalue weighted by Gasteiger charge is -2.14. The summed E-state index contributed by atoms with van der Waals surface area (Å²) in [7, 11) is 1.66. The van der Waals surface area contributed by atoms with Crippen LogP contribution in [0, 0.1) is 0 Å². The molecule has 1 unspecified atom stereocenters. The van der Waals surface area contributed by atoms with Crippen LogP contribution in [0.15, 0.2) is 18.2 Å². The van der Waals surface area contributed by atoms with E-state index in [1.54, 1.807) is 7.11 Å². The van der Waals surface area contributed by atoms with Crippen LogP contribution in [0.1, 0.15) is 32.3 Å². The molecule has 0 fully saturated rings. The third-order valence-corrected chi connectivity index (χ3v) is 3.15. The third-order valence-electron chi connectivity index (χ3n) is 3.15. The fraction of sp³-hybridized carbons (Fsp3) is 0.625. The molecule has 1 rings (SSSR count). The predicted octanol–water partition coefficient (Wildman–Crippen LogP) is 2.78. The molecule has 0 saturated heterocycles. The van der Waals surface area contributed by atoms with Crippen molar-refractivity contribution in [1.82, 2.24) is 0 Å². The molecular weight excluding hydrogens is 254 g/mol. The van der Waals surface area contributed by atoms with Crippen LogP contribution in [0.2, 0.25) is 0 Å². The number of ether oxygens (including phenoxy) is 3. The van der Waals surface area contributed by atoms with Crippen LogP contribution >= 0.6 is 0 Å². The first-order chi connectivity index (χ1) is 9.71. The molecule has 0 aliphatic heterocycles. The van der Waals surface area contributed by atoms with Crippen LogP contribution in [0.3, 0.4) is 0 Å². The largest absolute Gasteiger partial charge is 0.493 e. The summed E-state index contributed by atoms with van der Waals surface area (Å²) in [5.41, 5.74) is 7.15. The van der Waals surface area contributed by atoms with Crippen molar-refractivity contribution in [3.8, 4) is 11.5 Å². The van der Waals surface area contributed by atoms with E-state index in [1.807, 2.05) is 19.1 Å². The molecule has 20 heavy (non-hydrogen) atoms. The molecule has 0 saturated carbocycles. The van der Waals surface area contributed by atoms with Gasteiger partial charge in [0.05, 0.1) is 13.7 Å². The molecule has 1 aromatic carbocycles. The summed E-state index contributed by atoms with van der Waals surface area (Å²) in [5, 5.41) is 0. The number of methoxy groups -OCH3 is 1. The van der Waals surface area contributed by atoms with E-state index in [0.29, 0.717) is 6.61 Å². The zero-order valence-electron chi connectivity index (χ0n) is 12.9. The van der Waals surface area contributed by atoms with Crippen LogP contribution in [0.4, 0.5) is 0 Å². The first-order valence-electron chi connectivity index (χ1n) is 7.34. The standard InChI is InChI=1S/C16H27NO3/c1-4-14(17)11-13-7-8-15(16(12-13)18-3)20-10-6-9-19-5-2/h7-8,12,14H,4-6,9-11,17H2,1-3H3. The Morgan fingerprint density at radius 2 is 1.95 bits per heavy atom. The van der Waals surface area contributed by atoms with E-state index in [9.17, 15) is 0 Å². The van der Waals surface area contributed by atoms with Crippen molar-refractivity contribution in [3.63, 3.8) is 0 Å². The minimum absolute atomic E-state index is 0.192. The molecule has 0 amide bonds. The fourth-order valence-corrected chi connectivity index (χ4v) is 1.89. The average molecular weight is 281 g/mol. The summed E-state index contributed by atoms with van der Waals surface area (Å²) in [5.74, 6) is 1.54. The van der Waals surface area contributed by atoms with Gasteiger partial charge in [0.25, 0.3) is 0 Å². The highest BCUT2D eigenvalue weighted by Gasteiger charge is 2.08. The van der Waals surface area contributed by atoms with Gasteiger partial charge in [-0.25, -0.2) is 0 Å². The Labute approximate surface area is 122 Å². The normalized spacial score (nSPS) is 12.2. The fourth-order valence-electron chi connectivity index (χ4n) is 1.89. The van der Waals surface area contributed by atoms with Crippen molar-refractivity contribution in [2.75, 3.05) is 26.9 Å². The SMILES string of the molecule is CCOCCCOc1ccc(CC(N)CC)cc1OC. The van der Waals surface area contributed by atoms with Gasteiger partial charge < -0.3 is 19.9 Å². The molecular formula is C16H27NO3. The first kappa shape index (κ1) is 16.8. The molecule has 114 valence electrons. The maximum Gasteiger partial charge on any atom is 0.161 e. The number of nitrogens with two attached hydrogens (primary N) is 1. The lowest BCUT2D eigenvalue weighted by molar-refractivity contribution is 0.130. The van der Waals surface area contributed by atoms with E-state index in [-0.39, 0.29) is 6.04 Å². The monoisotopic (exact) mass is 281 g/mol. The van der Waals surface area contributed by atoms with Gasteiger partial charge in [0.1, 0.15) is 0 Å². The third kappa shape index (κ3) is 5.80. The van der Waals surface area contributed by atoms with Gasteiger partial charge in [-0.1, -0.05) is 13.0 Å². The quantitative estimate of drug-likeness (QED) is 0.670. The zero-order valence-corrected chi connectivity index (χ0v) is 12.9. The molecule has 0 bridgehead atoms. The Morgan fingerprint density at radius 1 is 1.15 bits per heavy atom. The van der Waals surface area contributed by atoms with Crippen molar-refractivity contribution >= 4 is 0 Å². The van der Waals surface area contributed by atoms with Gasteiger partial charge in [-0.2, -0.15) is 0 Å². The van der Waals surface area contributed by atoms with Gasteiger partial charge in [0.15, 0.2) is 11.5 Å². The average Bonchev–Trinajstić information content (AvgIpc) is 2.47. The molecule has 1 aromatic rings. The van der Waals surface area contributed by atoms with E-state index in [0.717, 1.165) is 44.0 Å². The molecule has 4 heteroatoms. The summed E-state index contributed by atoms with van der Waals surface area (Å²) < 4.78 is 16.4. The second-order valence-corrected chi connectivity index (χ2v) is 4.76. The maximum absolute atomic E-state index is 5.98. The Balaban J connectivity index is 2.54. The minimum Gasteiger partial charge on any atom is -0.493 e. The Kier molecular flexibility index (Phi) is 8.07. The summed E-state index contributed by atoms with van der Waals surface area (Å²) >= 11 is 0. The van der Waals surface area contributed by atoms with Crippen LogP contribution < -0.4 is 15.2 Å². The van der Waals surface area contributed by atoms with Gasteiger partial charge >= 0.3 is 0 Å². The first-order valence-corrected chi connectivity index (χ1v) is 7.34. The van der Waals surface area contributed by atoms with E-state index in [4.69, 9.17) is 19.9 Å². The smallest absolute Gasteiger partial charge is 0.161 e. The van der Waals surface area contributed by atoms with Gasteiger partial charge in [-0.3, -0.25) is 0 Å². The van der Waals surface area contributed by atoms with Crippen LogP contribution in [-0.2, 0) is 11.2 Å². The van der Waals surface area contributed by atoms with Crippen molar-refractivity contribution in [1.29, 1.82) is 0 Å². The number of benzene rings is 1. The van der Waals surface area contributed by atoms with E-state index >= 15 is 0 Å². The highest BCUT2D eigenvalue weighted by Crippen LogP contribution is 2.28. The highest BCUT2D eigenvalue weighted by atomic mass is 16.5. The van der Waals surface area contributed by atoms with Crippen molar-refractivity contribution in [3.05, 3.63) is 23.8 Å². The summed E-state index contributed by atoms with van der Waals surface area (Å²) in [4.78, 5) is 0. The lowest BCUT2D eigenvalue weighted by Crippen LogP contribution is -2.21. The van der Waals surface area contributed by atoms with Crippen LogP contribution in [0.5, 0.6) is 11.5 Å². The Hall–Kier alpha value is -1.26. The zero-order chi connectivity index (χ0) is 14.8. The van der Waals surface area contributed by atoms with Crippen molar-refractivity contribution in [2.45, 2.75) is 39.2 Å². The van der Waals surface area contributed by atoms with Crippen LogP contribution in [-0.4, -0.2) is 33.0 Å². The number of hydrogen-bond acceptors (Lipinski definition) is 4. The van der Waals surface area contributed by atoms with Crippen molar-refractivity contribution < 1.29 is 14.2 Å². The predicted molar refractivity (Wildman–Crippen MR) is 81.6 cm³/mol. The summed E-state index contributed by atoms with van der Waals surface area (Å²) in [6.45, 7) is 6.18. The molecule has 0 heterocycles. The molecule has 1 atom stereocenters. The van der Waals surface area contributed by atoms with Gasteiger partial charge in [0.2, 0.25) is 0 Å². The molecule has 0 aliphatic carbocycles. The second kappa shape index (κ2) is 9.61. The number of hydrogen-bond donors (Lipinski definition) is 1. The molecule has 0 aliphatic rings. The molecule has 0 spiro atoms. The van der Waals surface area contributed by atoms with Gasteiger partial charge in [-0.15, -0.1) is 0 Å². The number of rotatable bonds is 10. The second-order valence-electron chi connectivity index (χ2n) is 4.76. The van der Waals surface area contributed by atoms with Crippen molar-refractivity contribution in [2.24, 2.45) is 5.73 Å². The molecule has 0 radical (unpaired) electrons. The molecule has 0 aromatic heterocycles. The van der Waals surface area contributed by atoms with E-state index in [1.165, 1.54) is 5.56 Å². The molecule has 4 nitrogen and oxygen atoms in total. The topological polar surface area (TPSA) is 53.7 Å². The van der Waals surface area contributed by atoms with E-state index in [2.05, 4.69) is 13.0 Å². The minimum atomic E-state index is 0.192. The molecule has 2 N–H and O–H groups in total. The van der Waals surface area contributed by atoms with Gasteiger partial charge in [-0.05, 0) is 37.5 Å². The maximum atomic E-state index is 5.98. The highest BCUT2D eigenvalue weighted by molar-refractivity contribution is 5.43.